The molecule has 0 saturated carbocycles. The van der Waals surface area contributed by atoms with Crippen molar-refractivity contribution in [2.75, 3.05) is 0 Å². The Bertz CT molecular complexity index is 2450. The van der Waals surface area contributed by atoms with Crippen LogP contribution in [-0.4, -0.2) is 14.5 Å². The summed E-state index contributed by atoms with van der Waals surface area (Å²) in [5.74, 6) is 0.688. The van der Waals surface area contributed by atoms with E-state index in [2.05, 4.69) is 132 Å². The Hall–Kier alpha value is -5.06. The summed E-state index contributed by atoms with van der Waals surface area (Å²) in [7, 11) is 0. The first-order chi connectivity index (χ1) is 19.8. The van der Waals surface area contributed by atoms with Crippen molar-refractivity contribution in [3.8, 4) is 17.2 Å². The van der Waals surface area contributed by atoms with Gasteiger partial charge < -0.3 is 0 Å². The first-order valence-corrected chi connectivity index (χ1v) is 14.2. The molecule has 0 N–H and O–H groups in total. The van der Waals surface area contributed by atoms with Gasteiger partial charge in [-0.3, -0.25) is 4.57 Å². The molecule has 186 valence electrons. The molecule has 0 aliphatic rings. The van der Waals surface area contributed by atoms with E-state index in [1.165, 1.54) is 41.7 Å². The van der Waals surface area contributed by atoms with Crippen molar-refractivity contribution in [1.29, 1.82) is 0 Å². The van der Waals surface area contributed by atoms with Crippen LogP contribution in [0.1, 0.15) is 0 Å². The van der Waals surface area contributed by atoms with Gasteiger partial charge in [-0.05, 0) is 41.1 Å². The number of nitrogens with zero attached hydrogens (tertiary/aromatic N) is 3. The van der Waals surface area contributed by atoms with Gasteiger partial charge in [0.2, 0.25) is 5.95 Å². The van der Waals surface area contributed by atoms with Crippen molar-refractivity contribution in [2.45, 2.75) is 0 Å². The van der Waals surface area contributed by atoms with E-state index in [4.69, 9.17) is 9.97 Å². The molecule has 0 aliphatic carbocycles. The maximum atomic E-state index is 5.37. The first-order valence-electron chi connectivity index (χ1n) is 13.4. The molecule has 4 heteroatoms. The molecular weight excluding hydrogens is 506 g/mol. The van der Waals surface area contributed by atoms with Gasteiger partial charge in [-0.1, -0.05) is 97.1 Å². The van der Waals surface area contributed by atoms with Gasteiger partial charge in [-0.25, -0.2) is 9.97 Å². The molecule has 40 heavy (non-hydrogen) atoms. The topological polar surface area (TPSA) is 30.7 Å². The van der Waals surface area contributed by atoms with E-state index in [0.717, 1.165) is 33.2 Å². The highest BCUT2D eigenvalue weighted by atomic mass is 32.1. The monoisotopic (exact) mass is 527 g/mol. The lowest BCUT2D eigenvalue weighted by molar-refractivity contribution is 1.01. The van der Waals surface area contributed by atoms with Gasteiger partial charge in [0.05, 0.1) is 22.2 Å². The fourth-order valence-corrected chi connectivity index (χ4v) is 7.39. The van der Waals surface area contributed by atoms with Gasteiger partial charge >= 0.3 is 0 Å². The number of hydrogen-bond donors (Lipinski definition) is 0. The van der Waals surface area contributed by atoms with Crippen molar-refractivity contribution >= 4 is 75.0 Å². The van der Waals surface area contributed by atoms with Crippen LogP contribution in [0.25, 0.3) is 80.9 Å². The number of para-hydroxylation sites is 2. The lowest BCUT2D eigenvalue weighted by Crippen LogP contribution is -2.03. The summed E-state index contributed by atoms with van der Waals surface area (Å²) in [4.78, 5) is 10.5. The Balaban J connectivity index is 1.41. The predicted octanol–water partition coefficient (Wildman–Crippen LogP) is 9.91. The van der Waals surface area contributed by atoms with Crippen LogP contribution < -0.4 is 0 Å². The molecular formula is C36H21N3S. The molecule has 9 rings (SSSR count). The van der Waals surface area contributed by atoms with Crippen LogP contribution in [0.4, 0.5) is 0 Å². The SMILES string of the molecule is c1ccc2cc3c(cc2c1)c1ccccc1n3-c1nc(-c2cccc3c2sc2ccccc23)c2ccccc2n1. The molecule has 0 radical (unpaired) electrons. The van der Waals surface area contributed by atoms with Crippen molar-refractivity contribution in [3.63, 3.8) is 0 Å². The molecule has 0 spiro atoms. The summed E-state index contributed by atoms with van der Waals surface area (Å²) in [6, 6.07) is 45.3. The largest absolute Gasteiger partial charge is 0.278 e. The fraction of sp³-hybridized carbons (Fsp3) is 0. The third-order valence-electron chi connectivity index (χ3n) is 7.99. The smallest absolute Gasteiger partial charge is 0.235 e. The summed E-state index contributed by atoms with van der Waals surface area (Å²) < 4.78 is 4.78. The van der Waals surface area contributed by atoms with Crippen molar-refractivity contribution in [2.24, 2.45) is 0 Å². The molecule has 0 aliphatic heterocycles. The predicted molar refractivity (Wildman–Crippen MR) is 170 cm³/mol. The van der Waals surface area contributed by atoms with Gasteiger partial charge in [-0.2, -0.15) is 0 Å². The second-order valence-corrected chi connectivity index (χ2v) is 11.3. The van der Waals surface area contributed by atoms with E-state index in [1.54, 1.807) is 0 Å². The Morgan fingerprint density at radius 3 is 2.10 bits per heavy atom. The summed E-state index contributed by atoms with van der Waals surface area (Å²) in [6.07, 6.45) is 0. The van der Waals surface area contributed by atoms with Crippen LogP contribution >= 0.6 is 11.3 Å². The van der Waals surface area contributed by atoms with E-state index in [0.29, 0.717) is 5.95 Å². The molecule has 0 unspecified atom stereocenters. The van der Waals surface area contributed by atoms with Gasteiger partial charge in [0, 0.05) is 41.9 Å². The maximum absolute atomic E-state index is 5.37. The second-order valence-electron chi connectivity index (χ2n) is 10.2. The van der Waals surface area contributed by atoms with E-state index in [1.807, 2.05) is 11.3 Å². The molecule has 3 heterocycles. The molecule has 3 nitrogen and oxygen atoms in total. The number of aromatic nitrogens is 3. The van der Waals surface area contributed by atoms with Crippen LogP contribution in [-0.2, 0) is 0 Å². The molecule has 0 saturated heterocycles. The highest BCUT2D eigenvalue weighted by Gasteiger charge is 2.19. The average molecular weight is 528 g/mol. The Morgan fingerprint density at radius 2 is 1.20 bits per heavy atom. The van der Waals surface area contributed by atoms with Gasteiger partial charge in [-0.15, -0.1) is 11.3 Å². The Morgan fingerprint density at radius 1 is 0.500 bits per heavy atom. The standard InChI is InChI=1S/C36H21N3S/c1-2-11-23-21-32-29(20-22(23)10-1)24-12-4-7-18-31(24)39(32)36-37-30-17-6-3-14-27(30)34(38-36)28-16-9-15-26-25-13-5-8-19-33(25)40-35(26)28/h1-21H. The van der Waals surface area contributed by atoms with E-state index < -0.39 is 0 Å². The molecule has 3 aromatic heterocycles. The van der Waals surface area contributed by atoms with E-state index >= 15 is 0 Å². The number of rotatable bonds is 2. The Kier molecular flexibility index (Phi) is 4.48. The summed E-state index contributed by atoms with van der Waals surface area (Å²) >= 11 is 1.83. The molecule has 0 fully saturated rings. The zero-order valence-corrected chi connectivity index (χ0v) is 22.2. The second kappa shape index (κ2) is 8.22. The molecule has 0 amide bonds. The van der Waals surface area contributed by atoms with Gasteiger partial charge in [0.15, 0.2) is 0 Å². The minimum Gasteiger partial charge on any atom is -0.278 e. The number of fused-ring (bicyclic) bond motifs is 8. The lowest BCUT2D eigenvalue weighted by atomic mass is 10.0. The number of hydrogen-bond acceptors (Lipinski definition) is 3. The lowest BCUT2D eigenvalue weighted by Gasteiger charge is -2.12. The average Bonchev–Trinajstić information content (AvgIpc) is 3.55. The third kappa shape index (κ3) is 3.05. The van der Waals surface area contributed by atoms with E-state index in [-0.39, 0.29) is 0 Å². The first kappa shape index (κ1) is 21.8. The van der Waals surface area contributed by atoms with Crippen LogP contribution in [0.5, 0.6) is 0 Å². The third-order valence-corrected chi connectivity index (χ3v) is 9.21. The minimum absolute atomic E-state index is 0.688. The van der Waals surface area contributed by atoms with Gasteiger partial charge in [0.25, 0.3) is 0 Å². The van der Waals surface area contributed by atoms with Crippen LogP contribution in [0.2, 0.25) is 0 Å². The molecule has 0 bridgehead atoms. The van der Waals surface area contributed by atoms with Crippen LogP contribution in [0.3, 0.4) is 0 Å². The minimum atomic E-state index is 0.688. The highest BCUT2D eigenvalue weighted by Crippen LogP contribution is 2.41. The van der Waals surface area contributed by atoms with Gasteiger partial charge in [0.1, 0.15) is 0 Å². The molecule has 9 aromatic rings. The Labute approximate surface area is 233 Å². The quantitative estimate of drug-likeness (QED) is 0.224. The normalized spacial score (nSPS) is 12.0. The highest BCUT2D eigenvalue weighted by molar-refractivity contribution is 7.26. The van der Waals surface area contributed by atoms with Crippen molar-refractivity contribution < 1.29 is 0 Å². The summed E-state index contributed by atoms with van der Waals surface area (Å²) in [5, 5.41) is 8.46. The zero-order chi connectivity index (χ0) is 26.2. The van der Waals surface area contributed by atoms with Crippen molar-refractivity contribution in [1.82, 2.24) is 14.5 Å². The van der Waals surface area contributed by atoms with E-state index in [9.17, 15) is 0 Å². The number of thiophene rings is 1. The number of benzene rings is 6. The van der Waals surface area contributed by atoms with Crippen molar-refractivity contribution in [3.05, 3.63) is 127 Å². The molecule has 6 aromatic carbocycles. The van der Waals surface area contributed by atoms with Crippen LogP contribution in [0.15, 0.2) is 127 Å². The fourth-order valence-electron chi connectivity index (χ4n) is 6.17. The maximum Gasteiger partial charge on any atom is 0.235 e. The summed E-state index contributed by atoms with van der Waals surface area (Å²) in [6.45, 7) is 0. The van der Waals surface area contributed by atoms with Crippen LogP contribution in [0, 0.1) is 0 Å². The zero-order valence-electron chi connectivity index (χ0n) is 21.4. The summed E-state index contributed by atoms with van der Waals surface area (Å²) in [5.41, 5.74) is 5.26. The molecule has 0 atom stereocenters.